The van der Waals surface area contributed by atoms with Gasteiger partial charge >= 0.3 is 6.03 Å². The van der Waals surface area contributed by atoms with Crippen LogP contribution in [0.3, 0.4) is 0 Å². The largest absolute Gasteiger partial charge is 0.756 e. The quantitative estimate of drug-likeness (QED) is 0.381. The second-order valence-corrected chi connectivity index (χ2v) is 10.6. The lowest BCUT2D eigenvalue weighted by Gasteiger charge is -2.37. The lowest BCUT2D eigenvalue weighted by molar-refractivity contribution is -0.237. The highest BCUT2D eigenvalue weighted by Gasteiger charge is 2.47. The fourth-order valence-corrected chi connectivity index (χ4v) is 5.13. The van der Waals surface area contributed by atoms with Crippen LogP contribution in [0.5, 0.6) is 0 Å². The molecule has 4 unspecified atom stereocenters. The summed E-state index contributed by atoms with van der Waals surface area (Å²) in [6.07, 6.45) is -6.82. The zero-order valence-corrected chi connectivity index (χ0v) is 20.1. The Kier molecular flexibility index (Phi) is 9.02. The highest BCUT2D eigenvalue weighted by atomic mass is 31.2. The van der Waals surface area contributed by atoms with Gasteiger partial charge in [0.25, 0.3) is 15.6 Å². The van der Waals surface area contributed by atoms with Crippen LogP contribution < -0.4 is 15.5 Å². The summed E-state index contributed by atoms with van der Waals surface area (Å²) in [6.45, 7) is 6.78. The van der Waals surface area contributed by atoms with Crippen LogP contribution in [-0.4, -0.2) is 65.4 Å². The van der Waals surface area contributed by atoms with E-state index >= 15 is 0 Å². The Labute approximate surface area is 185 Å². The molecular formula is C16H29N3O11P2-2. The Hall–Kier alpha value is -0.920. The van der Waals surface area contributed by atoms with Gasteiger partial charge < -0.3 is 43.5 Å². The highest BCUT2D eigenvalue weighted by Crippen LogP contribution is 2.46. The molecule has 2 aliphatic rings. The second kappa shape index (κ2) is 10.6. The summed E-state index contributed by atoms with van der Waals surface area (Å²) < 4.78 is 49.1. The van der Waals surface area contributed by atoms with Gasteiger partial charge in [0.2, 0.25) is 0 Å². The van der Waals surface area contributed by atoms with Crippen LogP contribution in [0.4, 0.5) is 4.79 Å². The number of hydrogen-bond acceptors (Lipinski definition) is 12. The van der Waals surface area contributed by atoms with Gasteiger partial charge in [-0.3, -0.25) is 14.0 Å². The normalized spacial score (nSPS) is 32.8. The standard InChI is InChI=1S/C16H31N3O11P2/c1-8(2)28-31(22,23)26-7-12-11(30-32(24,25)29-9(3)4)6-13(27-12)19-15(20)10(5)14(17)18-16(19)21/h8-13,15,20H,6-7H2,1-5H3,(H,22,23)(H,24,25)(H2,17,18,21)/p-2/t10?,11-,12-,13-,15?/m1/s1. The van der Waals surface area contributed by atoms with E-state index in [1.165, 1.54) is 34.6 Å². The number of urea groups is 1. The van der Waals surface area contributed by atoms with Crippen molar-refractivity contribution in [1.82, 2.24) is 4.90 Å². The summed E-state index contributed by atoms with van der Waals surface area (Å²) in [6, 6.07) is -0.903. The number of phosphoric acid groups is 2. The maximum absolute atomic E-state index is 12.3. The van der Waals surface area contributed by atoms with Crippen molar-refractivity contribution >= 4 is 27.5 Å². The Morgan fingerprint density at radius 2 is 1.78 bits per heavy atom. The minimum Gasteiger partial charge on any atom is -0.756 e. The van der Waals surface area contributed by atoms with Gasteiger partial charge in [-0.05, 0) is 27.7 Å². The molecule has 0 radical (unpaired) electrons. The van der Waals surface area contributed by atoms with E-state index < -0.39 is 71.1 Å². The Morgan fingerprint density at radius 1 is 1.22 bits per heavy atom. The molecule has 1 saturated heterocycles. The number of amides is 2. The molecule has 2 heterocycles. The first kappa shape index (κ1) is 27.3. The van der Waals surface area contributed by atoms with Crippen molar-refractivity contribution in [3.63, 3.8) is 0 Å². The number of rotatable bonds is 10. The zero-order valence-electron chi connectivity index (χ0n) is 18.4. The van der Waals surface area contributed by atoms with E-state index in [0.717, 1.165) is 4.90 Å². The first-order chi connectivity index (χ1) is 14.6. The molecule has 186 valence electrons. The SMILES string of the molecule is CC(C)OP(=O)([O-])OC[C@H]1O[C@@H](N2C(=O)N=C(N)C(C)C2O)C[C@H]1OP(=O)([O-])OC(C)C. The topological polar surface area (TPSA) is 205 Å². The Morgan fingerprint density at radius 3 is 2.34 bits per heavy atom. The minimum atomic E-state index is -4.82. The molecule has 0 aromatic carbocycles. The number of nitrogens with zero attached hydrogens (tertiary/aromatic N) is 2. The summed E-state index contributed by atoms with van der Waals surface area (Å²) in [7, 11) is -9.55. The summed E-state index contributed by atoms with van der Waals surface area (Å²) in [5.41, 5.74) is 5.62. The Bertz CT molecular complexity index is 808. The fraction of sp³-hybridized carbons (Fsp3) is 0.875. The molecule has 7 atom stereocenters. The van der Waals surface area contributed by atoms with Crippen molar-refractivity contribution in [3.8, 4) is 0 Å². The first-order valence-corrected chi connectivity index (χ1v) is 12.9. The van der Waals surface area contributed by atoms with Crippen molar-refractivity contribution in [2.24, 2.45) is 16.6 Å². The monoisotopic (exact) mass is 501 g/mol. The van der Waals surface area contributed by atoms with Crippen LogP contribution in [0.1, 0.15) is 41.0 Å². The smallest absolute Gasteiger partial charge is 0.349 e. The van der Waals surface area contributed by atoms with Crippen LogP contribution >= 0.6 is 15.6 Å². The molecule has 0 spiro atoms. The van der Waals surface area contributed by atoms with E-state index in [4.69, 9.17) is 28.6 Å². The van der Waals surface area contributed by atoms with Crippen LogP contribution in [0.15, 0.2) is 4.99 Å². The molecule has 2 amide bonds. The van der Waals surface area contributed by atoms with Crippen molar-refractivity contribution in [1.29, 1.82) is 0 Å². The molecule has 0 aliphatic carbocycles. The molecule has 1 fully saturated rings. The maximum atomic E-state index is 12.3. The summed E-state index contributed by atoms with van der Waals surface area (Å²) in [5.74, 6) is -0.792. The van der Waals surface area contributed by atoms with Crippen LogP contribution in [0, 0.1) is 5.92 Å². The molecule has 0 aromatic heterocycles. The van der Waals surface area contributed by atoms with Gasteiger partial charge in [0.15, 0.2) is 0 Å². The number of aliphatic hydroxyl groups excluding tert-OH is 1. The van der Waals surface area contributed by atoms with E-state index in [9.17, 15) is 28.8 Å². The van der Waals surface area contributed by atoms with Crippen molar-refractivity contribution in [3.05, 3.63) is 0 Å². The number of aliphatic imine (C=N–C) groups is 1. The third kappa shape index (κ3) is 7.29. The van der Waals surface area contributed by atoms with Crippen molar-refractivity contribution in [2.45, 2.75) is 77.9 Å². The molecule has 2 aliphatic heterocycles. The molecule has 14 nitrogen and oxygen atoms in total. The number of nitrogens with two attached hydrogens (primary N) is 1. The van der Waals surface area contributed by atoms with E-state index in [1.807, 2.05) is 0 Å². The predicted molar refractivity (Wildman–Crippen MR) is 106 cm³/mol. The van der Waals surface area contributed by atoms with E-state index in [0.29, 0.717) is 0 Å². The van der Waals surface area contributed by atoms with Gasteiger partial charge in [-0.2, -0.15) is 4.99 Å². The van der Waals surface area contributed by atoms with Gasteiger partial charge in [-0.15, -0.1) is 0 Å². The average molecular weight is 501 g/mol. The molecule has 16 heteroatoms. The number of hydrogen-bond donors (Lipinski definition) is 2. The third-order valence-electron chi connectivity index (χ3n) is 4.48. The number of ether oxygens (including phenoxy) is 1. The van der Waals surface area contributed by atoms with Gasteiger partial charge in [-0.1, -0.05) is 6.92 Å². The Balaban J connectivity index is 2.21. The summed E-state index contributed by atoms with van der Waals surface area (Å²) in [4.78, 5) is 40.9. The number of phosphoric ester groups is 2. The van der Waals surface area contributed by atoms with Gasteiger partial charge in [0.1, 0.15) is 24.4 Å². The number of carbonyl (C=O) groups excluding carboxylic acids is 1. The van der Waals surface area contributed by atoms with Crippen LogP contribution in [0.2, 0.25) is 0 Å². The van der Waals surface area contributed by atoms with Crippen molar-refractivity contribution < 1.29 is 51.6 Å². The van der Waals surface area contributed by atoms with E-state index in [-0.39, 0.29) is 12.3 Å². The zero-order chi connectivity index (χ0) is 24.4. The maximum Gasteiger partial charge on any atom is 0.349 e. The van der Waals surface area contributed by atoms with E-state index in [1.54, 1.807) is 0 Å². The van der Waals surface area contributed by atoms with Gasteiger partial charge in [0.05, 0.1) is 30.8 Å². The lowest BCUT2D eigenvalue weighted by atomic mass is 10.1. The van der Waals surface area contributed by atoms with Crippen LogP contribution in [0.25, 0.3) is 0 Å². The molecule has 2 rings (SSSR count). The van der Waals surface area contributed by atoms with Gasteiger partial charge in [-0.25, -0.2) is 4.79 Å². The number of amidine groups is 1. The molecule has 32 heavy (non-hydrogen) atoms. The molecule has 0 saturated carbocycles. The average Bonchev–Trinajstić information content (AvgIpc) is 2.97. The first-order valence-electron chi connectivity index (χ1n) is 9.93. The van der Waals surface area contributed by atoms with Crippen molar-refractivity contribution in [2.75, 3.05) is 6.61 Å². The second-order valence-electron chi connectivity index (χ2n) is 7.94. The lowest BCUT2D eigenvalue weighted by Crippen LogP contribution is -2.55. The highest BCUT2D eigenvalue weighted by molar-refractivity contribution is 7.46. The predicted octanol–water partition coefficient (Wildman–Crippen LogP) is 0.0373. The summed E-state index contributed by atoms with van der Waals surface area (Å²) >= 11 is 0. The molecule has 0 bridgehead atoms. The number of carbonyl (C=O) groups is 1. The van der Waals surface area contributed by atoms with Gasteiger partial charge in [0, 0.05) is 6.42 Å². The summed E-state index contributed by atoms with van der Waals surface area (Å²) in [5, 5.41) is 10.5. The number of aliphatic hydroxyl groups is 1. The molecular weight excluding hydrogens is 472 g/mol. The molecule has 0 aromatic rings. The van der Waals surface area contributed by atoms with Crippen LogP contribution in [-0.2, 0) is 32.0 Å². The minimum absolute atomic E-state index is 0.0723. The third-order valence-corrected chi connectivity index (χ3v) is 6.83. The molecule has 3 N–H and O–H groups in total. The van der Waals surface area contributed by atoms with E-state index in [2.05, 4.69) is 4.99 Å². The fourth-order valence-electron chi connectivity index (χ4n) is 3.10.